The zero-order valence-electron chi connectivity index (χ0n) is 9.15. The van der Waals surface area contributed by atoms with E-state index >= 15 is 0 Å². The first-order chi connectivity index (χ1) is 8.46. The summed E-state index contributed by atoms with van der Waals surface area (Å²) in [6, 6.07) is 5.89. The predicted molar refractivity (Wildman–Crippen MR) is 69.8 cm³/mol. The van der Waals surface area contributed by atoms with Crippen molar-refractivity contribution in [3.05, 3.63) is 24.3 Å². The van der Waals surface area contributed by atoms with Crippen molar-refractivity contribution in [3.8, 4) is 0 Å². The molecule has 1 aliphatic heterocycles. The first kappa shape index (κ1) is 13.6. The van der Waals surface area contributed by atoms with Gasteiger partial charge in [0.25, 0.3) is 0 Å². The number of hydrogen-bond acceptors (Lipinski definition) is 5. The van der Waals surface area contributed by atoms with Gasteiger partial charge in [-0.05, 0) is 36.0 Å². The number of alkyl halides is 3. The van der Waals surface area contributed by atoms with Crippen LogP contribution in [0.4, 0.5) is 18.9 Å². The Labute approximate surface area is 111 Å². The summed E-state index contributed by atoms with van der Waals surface area (Å²) in [4.78, 5) is 4.33. The van der Waals surface area contributed by atoms with Gasteiger partial charge >= 0.3 is 5.51 Å². The van der Waals surface area contributed by atoms with Gasteiger partial charge in [0, 0.05) is 10.6 Å². The monoisotopic (exact) mass is 293 g/mol. The van der Waals surface area contributed by atoms with Crippen LogP contribution < -0.4 is 10.9 Å². The molecule has 0 amide bonds. The minimum atomic E-state index is -4.27. The molecule has 0 saturated carbocycles. The lowest BCUT2D eigenvalue weighted by Crippen LogP contribution is -2.34. The molecule has 0 bridgehead atoms. The van der Waals surface area contributed by atoms with Crippen molar-refractivity contribution in [2.24, 2.45) is 10.8 Å². The van der Waals surface area contributed by atoms with E-state index in [0.717, 1.165) is 12.3 Å². The number of anilines is 1. The van der Waals surface area contributed by atoms with Crippen LogP contribution in [0.2, 0.25) is 0 Å². The molecule has 0 saturated heterocycles. The standard InChI is InChI=1S/C10H10F3N3S2/c11-10(12,13)18-8-3-1-7(2-4-8)16(14)9-15-5-6-17-9/h1-4H,5-6,14H2. The van der Waals surface area contributed by atoms with Crippen LogP contribution in [-0.2, 0) is 0 Å². The minimum Gasteiger partial charge on any atom is -0.260 e. The third-order valence-corrected chi connectivity index (χ3v) is 3.83. The molecule has 3 nitrogen and oxygen atoms in total. The van der Waals surface area contributed by atoms with Crippen molar-refractivity contribution in [2.45, 2.75) is 10.4 Å². The molecule has 2 N–H and O–H groups in total. The van der Waals surface area contributed by atoms with E-state index in [9.17, 15) is 13.2 Å². The average molecular weight is 293 g/mol. The van der Waals surface area contributed by atoms with Gasteiger partial charge in [-0.3, -0.25) is 10.0 Å². The number of halogens is 3. The molecule has 1 aliphatic rings. The summed E-state index contributed by atoms with van der Waals surface area (Å²) in [6.45, 7) is 0.718. The predicted octanol–water partition coefficient (Wildman–Crippen LogP) is 3.08. The quantitative estimate of drug-likeness (QED) is 0.517. The average Bonchev–Trinajstić information content (AvgIpc) is 2.80. The second-order valence-electron chi connectivity index (χ2n) is 3.42. The van der Waals surface area contributed by atoms with Gasteiger partial charge in [-0.1, -0.05) is 11.8 Å². The highest BCUT2D eigenvalue weighted by molar-refractivity contribution is 8.14. The van der Waals surface area contributed by atoms with E-state index in [1.54, 1.807) is 12.1 Å². The lowest BCUT2D eigenvalue weighted by atomic mass is 10.3. The van der Waals surface area contributed by atoms with E-state index < -0.39 is 5.51 Å². The van der Waals surface area contributed by atoms with E-state index in [1.165, 1.54) is 28.9 Å². The van der Waals surface area contributed by atoms with Crippen molar-refractivity contribution in [1.29, 1.82) is 0 Å². The Morgan fingerprint density at radius 2 is 1.94 bits per heavy atom. The fourth-order valence-corrected chi connectivity index (χ4v) is 2.72. The SMILES string of the molecule is NN(C1=NCCS1)c1ccc(SC(F)(F)F)cc1. The molecular formula is C10H10F3N3S2. The zero-order chi connectivity index (χ0) is 13.2. The lowest BCUT2D eigenvalue weighted by Gasteiger charge is -2.17. The van der Waals surface area contributed by atoms with Gasteiger partial charge in [0.2, 0.25) is 0 Å². The fraction of sp³-hybridized carbons (Fsp3) is 0.300. The van der Waals surface area contributed by atoms with Crippen molar-refractivity contribution in [3.63, 3.8) is 0 Å². The highest BCUT2D eigenvalue weighted by atomic mass is 32.2. The second kappa shape index (κ2) is 5.41. The molecule has 1 aromatic rings. The Bertz CT molecular complexity index is 445. The van der Waals surface area contributed by atoms with Gasteiger partial charge in [-0.2, -0.15) is 13.2 Å². The molecule has 0 atom stereocenters. The fourth-order valence-electron chi connectivity index (χ4n) is 1.39. The van der Waals surface area contributed by atoms with Gasteiger partial charge < -0.3 is 0 Å². The van der Waals surface area contributed by atoms with Crippen molar-refractivity contribution < 1.29 is 13.2 Å². The van der Waals surface area contributed by atoms with Gasteiger partial charge in [0.05, 0.1) is 12.2 Å². The van der Waals surface area contributed by atoms with Gasteiger partial charge in [-0.25, -0.2) is 5.84 Å². The molecule has 1 aromatic carbocycles. The molecule has 8 heteroatoms. The lowest BCUT2D eigenvalue weighted by molar-refractivity contribution is -0.0328. The number of hydrogen-bond donors (Lipinski definition) is 1. The van der Waals surface area contributed by atoms with Crippen LogP contribution in [0.5, 0.6) is 0 Å². The summed E-state index contributed by atoms with van der Waals surface area (Å²) in [5.41, 5.74) is -3.65. The maximum atomic E-state index is 12.2. The van der Waals surface area contributed by atoms with E-state index in [0.29, 0.717) is 10.9 Å². The first-order valence-corrected chi connectivity index (χ1v) is 6.84. The smallest absolute Gasteiger partial charge is 0.260 e. The maximum absolute atomic E-state index is 12.2. The van der Waals surface area contributed by atoms with Crippen LogP contribution in [-0.4, -0.2) is 23.0 Å². The molecule has 0 aliphatic carbocycles. The molecule has 0 radical (unpaired) electrons. The molecule has 2 rings (SSSR count). The molecule has 98 valence electrons. The van der Waals surface area contributed by atoms with Crippen LogP contribution in [0.1, 0.15) is 0 Å². The maximum Gasteiger partial charge on any atom is 0.446 e. The Hall–Kier alpha value is -0.860. The summed E-state index contributed by atoms with van der Waals surface area (Å²) in [7, 11) is 0. The van der Waals surface area contributed by atoms with Crippen molar-refractivity contribution in [2.75, 3.05) is 17.3 Å². The van der Waals surface area contributed by atoms with Gasteiger partial charge in [0.15, 0.2) is 5.17 Å². The van der Waals surface area contributed by atoms with Crippen LogP contribution in [0.15, 0.2) is 34.2 Å². The van der Waals surface area contributed by atoms with E-state index in [4.69, 9.17) is 5.84 Å². The number of nitrogens with two attached hydrogens (primary N) is 1. The topological polar surface area (TPSA) is 41.6 Å². The first-order valence-electron chi connectivity index (χ1n) is 5.03. The van der Waals surface area contributed by atoms with Crippen molar-refractivity contribution in [1.82, 2.24) is 0 Å². The number of rotatable bonds is 2. The highest BCUT2D eigenvalue weighted by Crippen LogP contribution is 2.37. The molecule has 0 fully saturated rings. The molecule has 18 heavy (non-hydrogen) atoms. The number of amidine groups is 1. The number of nitrogens with zero attached hydrogens (tertiary/aromatic N) is 2. The van der Waals surface area contributed by atoms with Crippen LogP contribution >= 0.6 is 23.5 Å². The molecule has 1 heterocycles. The summed E-state index contributed by atoms with van der Waals surface area (Å²) < 4.78 is 36.5. The minimum absolute atomic E-state index is 0.140. The van der Waals surface area contributed by atoms with E-state index in [-0.39, 0.29) is 16.7 Å². The van der Waals surface area contributed by atoms with Crippen LogP contribution in [0.25, 0.3) is 0 Å². The van der Waals surface area contributed by atoms with E-state index in [2.05, 4.69) is 4.99 Å². The molecular weight excluding hydrogens is 283 g/mol. The molecule has 0 unspecified atom stereocenters. The van der Waals surface area contributed by atoms with Crippen LogP contribution in [0.3, 0.4) is 0 Å². The van der Waals surface area contributed by atoms with Gasteiger partial charge in [-0.15, -0.1) is 0 Å². The Morgan fingerprint density at radius 1 is 1.28 bits per heavy atom. The summed E-state index contributed by atoms with van der Waals surface area (Å²) in [6.07, 6.45) is 0. The van der Waals surface area contributed by atoms with Crippen molar-refractivity contribution >= 4 is 34.4 Å². The third kappa shape index (κ3) is 3.56. The largest absolute Gasteiger partial charge is 0.446 e. The number of hydrazine groups is 1. The summed E-state index contributed by atoms with van der Waals surface area (Å²) in [5.74, 6) is 6.71. The zero-order valence-corrected chi connectivity index (χ0v) is 10.8. The number of benzene rings is 1. The Kier molecular flexibility index (Phi) is 4.08. The summed E-state index contributed by atoms with van der Waals surface area (Å²) >= 11 is 1.38. The Balaban J connectivity index is 2.07. The third-order valence-electron chi connectivity index (χ3n) is 2.12. The van der Waals surface area contributed by atoms with E-state index in [1.807, 2.05) is 0 Å². The highest BCUT2D eigenvalue weighted by Gasteiger charge is 2.29. The second-order valence-corrected chi connectivity index (χ2v) is 5.62. The summed E-state index contributed by atoms with van der Waals surface area (Å²) in [5, 5.41) is 2.07. The van der Waals surface area contributed by atoms with Crippen LogP contribution in [0, 0.1) is 0 Å². The Morgan fingerprint density at radius 3 is 2.44 bits per heavy atom. The number of thioether (sulfide) groups is 2. The van der Waals surface area contributed by atoms with Gasteiger partial charge in [0.1, 0.15) is 0 Å². The number of aliphatic imine (C=N–C) groups is 1. The normalized spacial score (nSPS) is 15.7. The molecule has 0 aromatic heterocycles. The molecule has 0 spiro atoms.